The van der Waals surface area contributed by atoms with Crippen molar-refractivity contribution in [2.24, 2.45) is 0 Å². The molecule has 0 aliphatic heterocycles. The SMILES string of the molecule is C[CH-]C.[Cl][W]([Cl])([Cl])[Cl].c1cc[cH-]c1. The van der Waals surface area contributed by atoms with Gasteiger partial charge in [0, 0.05) is 0 Å². The summed E-state index contributed by atoms with van der Waals surface area (Å²) in [6.45, 7) is 4.00. The molecule has 0 heterocycles. The van der Waals surface area contributed by atoms with Gasteiger partial charge in [0.2, 0.25) is 0 Å². The van der Waals surface area contributed by atoms with E-state index in [9.17, 15) is 0 Å². The van der Waals surface area contributed by atoms with Crippen LogP contribution in [0.3, 0.4) is 0 Å². The van der Waals surface area contributed by atoms with Crippen molar-refractivity contribution in [2.75, 3.05) is 0 Å². The van der Waals surface area contributed by atoms with E-state index in [2.05, 4.69) is 0 Å². The Kier molecular flexibility index (Phi) is 14.4. The number of hydrogen-bond donors (Lipinski definition) is 0. The molecule has 13 heavy (non-hydrogen) atoms. The van der Waals surface area contributed by atoms with Crippen LogP contribution in [0.1, 0.15) is 13.8 Å². The van der Waals surface area contributed by atoms with Gasteiger partial charge >= 0.3 is 49.6 Å². The van der Waals surface area contributed by atoms with Crippen LogP contribution in [0.15, 0.2) is 30.3 Å². The third-order valence-corrected chi connectivity index (χ3v) is 0.556. The van der Waals surface area contributed by atoms with Crippen molar-refractivity contribution in [3.05, 3.63) is 36.8 Å². The molecule has 1 aromatic rings. The molecule has 0 saturated carbocycles. The molecule has 80 valence electrons. The monoisotopic (exact) mass is 432 g/mol. The van der Waals surface area contributed by atoms with E-state index in [0.717, 1.165) is 0 Å². The van der Waals surface area contributed by atoms with Gasteiger partial charge < -0.3 is 6.42 Å². The van der Waals surface area contributed by atoms with Gasteiger partial charge in [0.15, 0.2) is 0 Å². The second-order valence-corrected chi connectivity index (χ2v) is 27.3. The molecule has 0 amide bonds. The molecular formula is C8H12Cl4W-2. The summed E-state index contributed by atoms with van der Waals surface area (Å²) in [5.41, 5.74) is 0. The van der Waals surface area contributed by atoms with Gasteiger partial charge in [-0.2, -0.15) is 32.0 Å². The third kappa shape index (κ3) is 43.1. The minimum Gasteiger partial charge on any atom is -0.214 e. The van der Waals surface area contributed by atoms with Crippen molar-refractivity contribution in [3.8, 4) is 0 Å². The topological polar surface area (TPSA) is 0 Å². The van der Waals surface area contributed by atoms with Crippen molar-refractivity contribution in [2.45, 2.75) is 13.8 Å². The predicted molar refractivity (Wildman–Crippen MR) is 61.1 cm³/mol. The molecule has 0 spiro atoms. The molecule has 0 saturated heterocycles. The smallest absolute Gasteiger partial charge is 0.172 e. The fourth-order valence-electron chi connectivity index (χ4n) is 0.321. The molecule has 0 aliphatic rings. The predicted octanol–water partition coefficient (Wildman–Crippen LogP) is 5.39. The third-order valence-electron chi connectivity index (χ3n) is 0.556. The van der Waals surface area contributed by atoms with Crippen LogP contribution in [0.5, 0.6) is 0 Å². The summed E-state index contributed by atoms with van der Waals surface area (Å²) in [6.07, 6.45) is 2.00. The largest absolute Gasteiger partial charge is 0.214 e. The maximum atomic E-state index is 5.03. The van der Waals surface area contributed by atoms with Crippen LogP contribution in [-0.4, -0.2) is 0 Å². The normalized spacial score (nSPS) is 10.3. The zero-order chi connectivity index (χ0) is 10.7. The fourth-order valence-corrected chi connectivity index (χ4v) is 0.321. The minimum atomic E-state index is -3.28. The van der Waals surface area contributed by atoms with Gasteiger partial charge in [-0.1, -0.05) is 0 Å². The van der Waals surface area contributed by atoms with Gasteiger partial charge in [-0.15, -0.1) is 0 Å². The summed E-state index contributed by atoms with van der Waals surface area (Å²) in [7, 11) is 20.1. The molecule has 0 unspecified atom stereocenters. The minimum absolute atomic E-state index is 2.00. The van der Waals surface area contributed by atoms with Crippen molar-refractivity contribution in [1.29, 1.82) is 0 Å². The summed E-state index contributed by atoms with van der Waals surface area (Å²) in [5.74, 6) is 0. The maximum Gasteiger partial charge on any atom is -0.172 e. The van der Waals surface area contributed by atoms with E-state index in [4.69, 9.17) is 37.7 Å². The molecule has 0 aromatic heterocycles. The van der Waals surface area contributed by atoms with E-state index in [1.165, 1.54) is 0 Å². The molecule has 0 fully saturated rings. The summed E-state index contributed by atoms with van der Waals surface area (Å²) in [5, 5.41) is 0. The van der Waals surface area contributed by atoms with Gasteiger partial charge in [0.25, 0.3) is 0 Å². The first kappa shape index (κ1) is 16.6. The first-order chi connectivity index (χ1) is 5.91. The average molecular weight is 434 g/mol. The Bertz CT molecular complexity index is 134. The Morgan fingerprint density at radius 3 is 1.31 bits per heavy atom. The molecule has 0 aliphatic carbocycles. The van der Waals surface area contributed by atoms with Crippen molar-refractivity contribution >= 4 is 37.7 Å². The van der Waals surface area contributed by atoms with Crippen LogP contribution in [-0.2, 0) is 11.9 Å². The van der Waals surface area contributed by atoms with E-state index >= 15 is 0 Å². The van der Waals surface area contributed by atoms with E-state index in [-0.39, 0.29) is 0 Å². The second-order valence-electron chi connectivity index (χ2n) is 1.89. The Morgan fingerprint density at radius 2 is 1.23 bits per heavy atom. The van der Waals surface area contributed by atoms with Crippen molar-refractivity contribution in [1.82, 2.24) is 0 Å². The Labute approximate surface area is 99.4 Å². The zero-order valence-corrected chi connectivity index (χ0v) is 13.3. The first-order valence-electron chi connectivity index (χ1n) is 3.44. The summed E-state index contributed by atoms with van der Waals surface area (Å²) < 4.78 is 0. The van der Waals surface area contributed by atoms with Crippen molar-refractivity contribution < 1.29 is 11.9 Å². The molecule has 1 rings (SSSR count). The second kappa shape index (κ2) is 11.3. The number of rotatable bonds is 0. The molecule has 5 heteroatoms. The van der Waals surface area contributed by atoms with Gasteiger partial charge in [0.1, 0.15) is 0 Å². The zero-order valence-electron chi connectivity index (χ0n) is 7.38. The Hall–Kier alpha value is 1.20. The van der Waals surface area contributed by atoms with Gasteiger partial charge in [-0.05, 0) is 0 Å². The quantitative estimate of drug-likeness (QED) is 0.481. The molecule has 0 radical (unpaired) electrons. The van der Waals surface area contributed by atoms with Gasteiger partial charge in [0.05, 0.1) is 0 Å². The maximum absolute atomic E-state index is 5.03. The van der Waals surface area contributed by atoms with Crippen LogP contribution >= 0.6 is 37.7 Å². The van der Waals surface area contributed by atoms with Crippen molar-refractivity contribution in [3.63, 3.8) is 0 Å². The van der Waals surface area contributed by atoms with Crippen LogP contribution in [0.2, 0.25) is 0 Å². The number of halogens is 4. The molecule has 0 nitrogen and oxygen atoms in total. The average Bonchev–Trinajstić information content (AvgIpc) is 2.36. The summed E-state index contributed by atoms with van der Waals surface area (Å²) in [6, 6.07) is 10.0. The van der Waals surface area contributed by atoms with Gasteiger partial charge in [-0.3, -0.25) is 0 Å². The van der Waals surface area contributed by atoms with E-state index < -0.39 is 11.9 Å². The van der Waals surface area contributed by atoms with E-state index in [0.29, 0.717) is 0 Å². The van der Waals surface area contributed by atoms with Crippen LogP contribution < -0.4 is 0 Å². The Morgan fingerprint density at radius 1 is 1.00 bits per heavy atom. The molecule has 0 atom stereocenters. The van der Waals surface area contributed by atoms with Crippen LogP contribution in [0.25, 0.3) is 0 Å². The first-order valence-corrected chi connectivity index (χ1v) is 18.0. The fraction of sp³-hybridized carbons (Fsp3) is 0.250. The summed E-state index contributed by atoms with van der Waals surface area (Å²) >= 11 is -3.28. The molecule has 0 bridgehead atoms. The molecule has 0 N–H and O–H groups in total. The van der Waals surface area contributed by atoms with E-state index in [1.807, 2.05) is 50.6 Å². The molecular weight excluding hydrogens is 422 g/mol. The molecule has 1 aromatic carbocycles. The van der Waals surface area contributed by atoms with Crippen LogP contribution in [0, 0.1) is 6.42 Å². The Balaban J connectivity index is 0. The van der Waals surface area contributed by atoms with Gasteiger partial charge in [-0.25, -0.2) is 12.1 Å². The van der Waals surface area contributed by atoms with Crippen LogP contribution in [0.4, 0.5) is 0 Å². The standard InChI is InChI=1S/C5H5.C3H7.4ClH.W/c1-2-4-5-3-1;1-3-2;;;;;/h1-5H;3H,1-2H3;4*1H;/q2*-1;;;;;+4/p-4. The number of hydrogen-bond acceptors (Lipinski definition) is 0. The summed E-state index contributed by atoms with van der Waals surface area (Å²) in [4.78, 5) is 0. The van der Waals surface area contributed by atoms with E-state index in [1.54, 1.807) is 0 Å².